The van der Waals surface area contributed by atoms with Crippen LogP contribution in [0.4, 0.5) is 0 Å². The summed E-state index contributed by atoms with van der Waals surface area (Å²) in [5.74, 6) is 4.48. The van der Waals surface area contributed by atoms with Gasteiger partial charge in [-0.1, -0.05) is 17.7 Å². The Hall–Kier alpha value is -1.05. The van der Waals surface area contributed by atoms with Crippen molar-refractivity contribution in [1.29, 1.82) is 0 Å². The maximum atomic E-state index is 11.6. The van der Waals surface area contributed by atoms with Gasteiger partial charge in [0.25, 0.3) is 0 Å². The van der Waals surface area contributed by atoms with Crippen LogP contribution in [0.25, 0.3) is 0 Å². The van der Waals surface area contributed by atoms with Gasteiger partial charge in [-0.2, -0.15) is 0 Å². The largest absolute Gasteiger partial charge is 0.333 e. The van der Waals surface area contributed by atoms with E-state index in [4.69, 9.17) is 0 Å². The molecule has 19 heavy (non-hydrogen) atoms. The number of carbonyl (C=O) groups is 1. The van der Waals surface area contributed by atoms with Crippen LogP contribution in [0.3, 0.4) is 0 Å². The third-order valence-corrected chi connectivity index (χ3v) is 6.14. The molecule has 2 fully saturated rings. The van der Waals surface area contributed by atoms with Crippen molar-refractivity contribution in [2.24, 2.45) is 29.6 Å². The Morgan fingerprint density at radius 1 is 1.00 bits per heavy atom. The van der Waals surface area contributed by atoms with Crippen molar-refractivity contribution in [1.82, 2.24) is 5.32 Å². The molecule has 4 aliphatic rings. The van der Waals surface area contributed by atoms with Crippen molar-refractivity contribution in [2.75, 3.05) is 0 Å². The summed E-state index contributed by atoms with van der Waals surface area (Å²) in [6.07, 6.45) is 15.4. The maximum Gasteiger partial charge on any atom is 0.223 e. The fraction of sp³-hybridized carbons (Fsp3) is 0.706. The van der Waals surface area contributed by atoms with Crippen LogP contribution in [0.2, 0.25) is 0 Å². The van der Waals surface area contributed by atoms with Crippen LogP contribution in [0.15, 0.2) is 23.9 Å². The van der Waals surface area contributed by atoms with Crippen molar-refractivity contribution in [3.63, 3.8) is 0 Å². The third kappa shape index (κ3) is 1.87. The number of allylic oxidation sites excluding steroid dienone is 3. The Morgan fingerprint density at radius 3 is 2.89 bits per heavy atom. The second kappa shape index (κ2) is 4.50. The van der Waals surface area contributed by atoms with E-state index in [0.29, 0.717) is 5.92 Å². The maximum absolute atomic E-state index is 11.6. The first kappa shape index (κ1) is 11.7. The van der Waals surface area contributed by atoms with Crippen molar-refractivity contribution >= 4 is 5.91 Å². The van der Waals surface area contributed by atoms with Gasteiger partial charge in [0.15, 0.2) is 0 Å². The van der Waals surface area contributed by atoms with Crippen LogP contribution in [-0.2, 0) is 4.79 Å². The zero-order chi connectivity index (χ0) is 12.8. The summed E-state index contributed by atoms with van der Waals surface area (Å²) < 4.78 is 0. The van der Waals surface area contributed by atoms with Gasteiger partial charge < -0.3 is 5.32 Å². The normalized spacial score (nSPS) is 44.5. The van der Waals surface area contributed by atoms with Crippen molar-refractivity contribution in [3.05, 3.63) is 23.9 Å². The van der Waals surface area contributed by atoms with E-state index >= 15 is 0 Å². The molecule has 1 N–H and O–H groups in total. The number of carbonyl (C=O) groups excluding carboxylic acids is 1. The van der Waals surface area contributed by atoms with E-state index in [1.807, 2.05) is 0 Å². The van der Waals surface area contributed by atoms with E-state index in [9.17, 15) is 4.79 Å². The Kier molecular flexibility index (Phi) is 2.78. The lowest BCUT2D eigenvalue weighted by atomic mass is 9.57. The lowest BCUT2D eigenvalue weighted by Crippen LogP contribution is -2.39. The zero-order valence-corrected chi connectivity index (χ0v) is 11.5. The molecule has 1 aliphatic heterocycles. The monoisotopic (exact) mass is 257 g/mol. The lowest BCUT2D eigenvalue weighted by molar-refractivity contribution is -0.120. The highest BCUT2D eigenvalue weighted by Crippen LogP contribution is 2.54. The number of nitrogens with one attached hydrogen (secondary N) is 1. The van der Waals surface area contributed by atoms with Crippen LogP contribution < -0.4 is 5.32 Å². The average molecular weight is 257 g/mol. The smallest absolute Gasteiger partial charge is 0.223 e. The molecule has 3 aliphatic carbocycles. The number of rotatable bonds is 0. The quantitative estimate of drug-likeness (QED) is 0.662. The van der Waals surface area contributed by atoms with Gasteiger partial charge >= 0.3 is 0 Å². The molecule has 4 rings (SSSR count). The zero-order valence-electron chi connectivity index (χ0n) is 11.5. The molecule has 0 saturated heterocycles. The predicted octanol–water partition coefficient (Wildman–Crippen LogP) is 3.41. The minimum Gasteiger partial charge on any atom is -0.333 e. The molecule has 0 aromatic rings. The highest BCUT2D eigenvalue weighted by Gasteiger charge is 2.45. The van der Waals surface area contributed by atoms with E-state index in [1.165, 1.54) is 37.7 Å². The molecular formula is C17H23NO. The van der Waals surface area contributed by atoms with Crippen LogP contribution >= 0.6 is 0 Å². The second-order valence-electron chi connectivity index (χ2n) is 6.87. The molecule has 5 unspecified atom stereocenters. The summed E-state index contributed by atoms with van der Waals surface area (Å²) >= 11 is 0. The van der Waals surface area contributed by atoms with Gasteiger partial charge in [0.05, 0.1) is 0 Å². The van der Waals surface area contributed by atoms with E-state index in [0.717, 1.165) is 36.5 Å². The van der Waals surface area contributed by atoms with Crippen LogP contribution in [0.1, 0.15) is 44.9 Å². The fourth-order valence-electron chi connectivity index (χ4n) is 5.28. The Balaban J connectivity index is 1.60. The Morgan fingerprint density at radius 2 is 1.95 bits per heavy atom. The molecule has 0 aromatic heterocycles. The van der Waals surface area contributed by atoms with E-state index in [1.54, 1.807) is 0 Å². The van der Waals surface area contributed by atoms with E-state index < -0.39 is 0 Å². The first-order valence-corrected chi connectivity index (χ1v) is 7.98. The summed E-state index contributed by atoms with van der Waals surface area (Å²) in [7, 11) is 0. The van der Waals surface area contributed by atoms with Crippen LogP contribution in [-0.4, -0.2) is 5.91 Å². The van der Waals surface area contributed by atoms with Crippen molar-refractivity contribution < 1.29 is 4.79 Å². The molecule has 2 saturated carbocycles. The molecule has 0 aromatic carbocycles. The molecule has 0 spiro atoms. The predicted molar refractivity (Wildman–Crippen MR) is 75.1 cm³/mol. The van der Waals surface area contributed by atoms with E-state index in [2.05, 4.69) is 23.7 Å². The lowest BCUT2D eigenvalue weighted by Gasteiger charge is -2.48. The van der Waals surface area contributed by atoms with Gasteiger partial charge in [0, 0.05) is 12.6 Å². The van der Waals surface area contributed by atoms with Crippen molar-refractivity contribution in [2.45, 2.75) is 44.9 Å². The fourth-order valence-corrected chi connectivity index (χ4v) is 5.28. The summed E-state index contributed by atoms with van der Waals surface area (Å²) in [5, 5.41) is 2.97. The number of hydrogen-bond donors (Lipinski definition) is 1. The van der Waals surface area contributed by atoms with Gasteiger partial charge in [-0.05, 0) is 68.1 Å². The molecule has 1 amide bonds. The summed E-state index contributed by atoms with van der Waals surface area (Å²) in [4.78, 5) is 11.6. The summed E-state index contributed by atoms with van der Waals surface area (Å²) in [6, 6.07) is 0. The topological polar surface area (TPSA) is 29.1 Å². The first-order chi connectivity index (χ1) is 9.33. The summed E-state index contributed by atoms with van der Waals surface area (Å²) in [6.45, 7) is 0. The third-order valence-electron chi connectivity index (χ3n) is 6.14. The van der Waals surface area contributed by atoms with Crippen LogP contribution in [0, 0.1) is 29.6 Å². The van der Waals surface area contributed by atoms with Crippen molar-refractivity contribution in [3.8, 4) is 0 Å². The molecule has 1 heterocycles. The molecular weight excluding hydrogens is 234 g/mol. The molecule has 2 heteroatoms. The Bertz CT molecular complexity index is 450. The van der Waals surface area contributed by atoms with Crippen LogP contribution in [0.5, 0.6) is 0 Å². The van der Waals surface area contributed by atoms with Gasteiger partial charge in [-0.15, -0.1) is 0 Å². The van der Waals surface area contributed by atoms with Gasteiger partial charge in [0.2, 0.25) is 5.91 Å². The number of amides is 1. The second-order valence-corrected chi connectivity index (χ2v) is 6.87. The first-order valence-electron chi connectivity index (χ1n) is 7.98. The van der Waals surface area contributed by atoms with E-state index in [-0.39, 0.29) is 5.91 Å². The highest BCUT2D eigenvalue weighted by atomic mass is 16.1. The molecule has 102 valence electrons. The average Bonchev–Trinajstić information content (AvgIpc) is 2.83. The standard InChI is InChI=1S/C17H23NO/c19-17-9-8-14-12(10-18-17)5-7-15-13-3-1-2-11(13)4-6-16(14)15/h1-2,10-11,13-16H,3-9H2,(H,18,19). The Labute approximate surface area is 115 Å². The summed E-state index contributed by atoms with van der Waals surface area (Å²) in [5.41, 5.74) is 1.54. The minimum absolute atomic E-state index is 0.217. The SMILES string of the molecule is O=C1CCC2C(=CN1)CCC1C3CC=CC3CCC21. The molecule has 0 radical (unpaired) electrons. The minimum atomic E-state index is 0.217. The molecule has 0 bridgehead atoms. The molecule has 5 atom stereocenters. The number of fused-ring (bicyclic) bond motifs is 5. The van der Waals surface area contributed by atoms with Gasteiger partial charge in [0.1, 0.15) is 0 Å². The number of hydrogen-bond acceptors (Lipinski definition) is 1. The highest BCUT2D eigenvalue weighted by molar-refractivity contribution is 5.77. The molecule has 2 nitrogen and oxygen atoms in total. The van der Waals surface area contributed by atoms with Gasteiger partial charge in [-0.3, -0.25) is 4.79 Å². The van der Waals surface area contributed by atoms with Gasteiger partial charge in [-0.25, -0.2) is 0 Å².